The van der Waals surface area contributed by atoms with Crippen LogP contribution in [0.15, 0.2) is 42.6 Å². The average Bonchev–Trinajstić information content (AvgIpc) is 3.17. The van der Waals surface area contributed by atoms with Crippen LogP contribution in [0.2, 0.25) is 0 Å². The van der Waals surface area contributed by atoms with Gasteiger partial charge in [-0.25, -0.2) is 0 Å². The minimum absolute atomic E-state index is 0.194. The van der Waals surface area contributed by atoms with Crippen molar-refractivity contribution in [3.8, 4) is 17.2 Å². The van der Waals surface area contributed by atoms with E-state index in [2.05, 4.69) is 9.88 Å². The molecule has 0 aliphatic rings. The molecular weight excluding hydrogens is 402 g/mol. The SMILES string of the molecule is COCCn1ccc2cc(NC(=O)c3cc(OC)c(OCC(N)=O)c(OC)c3)ccc21. The minimum Gasteiger partial charge on any atom is -0.493 e. The standard InChI is InChI=1S/C22H25N3O6/c1-28-9-8-25-7-6-14-10-16(4-5-17(14)25)24-22(27)15-11-18(29-2)21(19(12-15)30-3)31-13-20(23)26/h4-7,10-12H,8-9,13H2,1-3H3,(H2,23,26)(H,24,27). The highest BCUT2D eigenvalue weighted by Crippen LogP contribution is 2.38. The van der Waals surface area contributed by atoms with Crippen molar-refractivity contribution in [2.24, 2.45) is 5.73 Å². The van der Waals surface area contributed by atoms with Gasteiger partial charge in [-0.15, -0.1) is 0 Å². The number of carbonyl (C=O) groups excluding carboxylic acids is 2. The van der Waals surface area contributed by atoms with Crippen molar-refractivity contribution in [1.82, 2.24) is 4.57 Å². The second-order valence-corrected chi connectivity index (χ2v) is 6.69. The molecule has 1 aromatic heterocycles. The second kappa shape index (κ2) is 9.86. The van der Waals surface area contributed by atoms with Crippen LogP contribution in [-0.4, -0.2) is 50.9 Å². The molecule has 2 amide bonds. The lowest BCUT2D eigenvalue weighted by atomic mass is 10.1. The molecule has 31 heavy (non-hydrogen) atoms. The quantitative estimate of drug-likeness (QED) is 0.514. The molecule has 0 saturated carbocycles. The van der Waals surface area contributed by atoms with Crippen LogP contribution >= 0.6 is 0 Å². The molecule has 0 atom stereocenters. The summed E-state index contributed by atoms with van der Waals surface area (Å²) in [6, 6.07) is 10.7. The average molecular weight is 427 g/mol. The fourth-order valence-corrected chi connectivity index (χ4v) is 3.16. The van der Waals surface area contributed by atoms with Gasteiger partial charge in [-0.3, -0.25) is 9.59 Å². The van der Waals surface area contributed by atoms with Crippen molar-refractivity contribution in [3.05, 3.63) is 48.2 Å². The molecule has 9 nitrogen and oxygen atoms in total. The van der Waals surface area contributed by atoms with Gasteiger partial charge in [-0.1, -0.05) is 0 Å². The summed E-state index contributed by atoms with van der Waals surface area (Å²) in [6.45, 7) is 1.02. The Morgan fingerprint density at radius 1 is 1.03 bits per heavy atom. The third-order valence-electron chi connectivity index (χ3n) is 4.65. The van der Waals surface area contributed by atoms with Gasteiger partial charge in [0.25, 0.3) is 11.8 Å². The van der Waals surface area contributed by atoms with Gasteiger partial charge < -0.3 is 34.6 Å². The Morgan fingerprint density at radius 3 is 2.35 bits per heavy atom. The number of ether oxygens (including phenoxy) is 4. The first-order chi connectivity index (χ1) is 15.0. The van der Waals surface area contributed by atoms with Crippen LogP contribution in [0, 0.1) is 0 Å². The van der Waals surface area contributed by atoms with E-state index in [0.29, 0.717) is 17.9 Å². The maximum Gasteiger partial charge on any atom is 0.255 e. The lowest BCUT2D eigenvalue weighted by Crippen LogP contribution is -2.20. The lowest BCUT2D eigenvalue weighted by molar-refractivity contribution is -0.120. The predicted octanol–water partition coefficient (Wildman–Crippen LogP) is 2.42. The molecule has 0 bridgehead atoms. The number of amides is 2. The van der Waals surface area contributed by atoms with E-state index in [1.165, 1.54) is 26.4 Å². The highest BCUT2D eigenvalue weighted by atomic mass is 16.5. The van der Waals surface area contributed by atoms with E-state index in [-0.39, 0.29) is 29.8 Å². The highest BCUT2D eigenvalue weighted by Gasteiger charge is 2.18. The molecule has 0 aliphatic carbocycles. The van der Waals surface area contributed by atoms with Crippen molar-refractivity contribution >= 4 is 28.4 Å². The number of hydrogen-bond acceptors (Lipinski definition) is 6. The Hall–Kier alpha value is -3.72. The van der Waals surface area contributed by atoms with Gasteiger partial charge in [0, 0.05) is 42.0 Å². The van der Waals surface area contributed by atoms with Crippen molar-refractivity contribution in [2.45, 2.75) is 6.54 Å². The van der Waals surface area contributed by atoms with Crippen molar-refractivity contribution in [1.29, 1.82) is 0 Å². The summed E-state index contributed by atoms with van der Waals surface area (Å²) in [5.41, 5.74) is 7.14. The topological polar surface area (TPSA) is 114 Å². The summed E-state index contributed by atoms with van der Waals surface area (Å²) in [5.74, 6) is -0.305. The molecule has 3 N–H and O–H groups in total. The van der Waals surface area contributed by atoms with E-state index in [4.69, 9.17) is 24.7 Å². The van der Waals surface area contributed by atoms with E-state index < -0.39 is 5.91 Å². The van der Waals surface area contributed by atoms with Crippen LogP contribution in [0.25, 0.3) is 10.9 Å². The number of nitrogens with zero attached hydrogens (tertiary/aromatic N) is 1. The molecule has 2 aromatic carbocycles. The zero-order valence-electron chi connectivity index (χ0n) is 17.6. The summed E-state index contributed by atoms with van der Waals surface area (Å²) in [7, 11) is 4.52. The third-order valence-corrected chi connectivity index (χ3v) is 4.65. The first-order valence-corrected chi connectivity index (χ1v) is 9.53. The van der Waals surface area contributed by atoms with E-state index in [1.54, 1.807) is 7.11 Å². The number of anilines is 1. The Morgan fingerprint density at radius 2 is 1.74 bits per heavy atom. The summed E-state index contributed by atoms with van der Waals surface area (Å²) < 4.78 is 23.2. The highest BCUT2D eigenvalue weighted by molar-refractivity contribution is 6.06. The monoisotopic (exact) mass is 427 g/mol. The largest absolute Gasteiger partial charge is 0.493 e. The molecule has 0 spiro atoms. The first kappa shape index (κ1) is 22.0. The van der Waals surface area contributed by atoms with Crippen molar-refractivity contribution < 1.29 is 28.5 Å². The fourth-order valence-electron chi connectivity index (χ4n) is 3.16. The van der Waals surface area contributed by atoms with Gasteiger partial charge in [0.2, 0.25) is 5.75 Å². The number of nitrogens with one attached hydrogen (secondary N) is 1. The molecule has 0 fully saturated rings. The van der Waals surface area contributed by atoms with Gasteiger partial charge in [0.05, 0.1) is 20.8 Å². The fraction of sp³-hybridized carbons (Fsp3) is 0.273. The second-order valence-electron chi connectivity index (χ2n) is 6.69. The number of methoxy groups -OCH3 is 3. The number of aromatic nitrogens is 1. The predicted molar refractivity (Wildman–Crippen MR) is 116 cm³/mol. The van der Waals surface area contributed by atoms with Gasteiger partial charge in [-0.2, -0.15) is 0 Å². The zero-order valence-corrected chi connectivity index (χ0v) is 17.6. The van der Waals surface area contributed by atoms with Crippen LogP contribution < -0.4 is 25.3 Å². The van der Waals surface area contributed by atoms with Crippen LogP contribution in [-0.2, 0) is 16.1 Å². The van der Waals surface area contributed by atoms with Crippen LogP contribution in [0.1, 0.15) is 10.4 Å². The Balaban J connectivity index is 1.83. The number of fused-ring (bicyclic) bond motifs is 1. The molecule has 3 rings (SSSR count). The molecule has 3 aromatic rings. The van der Waals surface area contributed by atoms with E-state index in [1.807, 2.05) is 30.5 Å². The molecular formula is C22H25N3O6. The van der Waals surface area contributed by atoms with Gasteiger partial charge in [0.15, 0.2) is 18.1 Å². The zero-order chi connectivity index (χ0) is 22.4. The number of rotatable bonds is 10. The Kier molecular flexibility index (Phi) is 6.99. The normalized spacial score (nSPS) is 10.7. The number of primary amides is 1. The van der Waals surface area contributed by atoms with Crippen LogP contribution in [0.4, 0.5) is 5.69 Å². The van der Waals surface area contributed by atoms with Gasteiger partial charge in [0.1, 0.15) is 0 Å². The summed E-state index contributed by atoms with van der Waals surface area (Å²) in [6.07, 6.45) is 1.98. The molecule has 9 heteroatoms. The number of hydrogen-bond donors (Lipinski definition) is 2. The van der Waals surface area contributed by atoms with Crippen molar-refractivity contribution in [2.75, 3.05) is 39.9 Å². The summed E-state index contributed by atoms with van der Waals surface area (Å²) >= 11 is 0. The maximum atomic E-state index is 12.9. The number of benzene rings is 2. The first-order valence-electron chi connectivity index (χ1n) is 9.53. The van der Waals surface area contributed by atoms with Gasteiger partial charge >= 0.3 is 0 Å². The molecule has 0 saturated heterocycles. The Bertz CT molecular complexity index is 1070. The third kappa shape index (κ3) is 5.07. The minimum atomic E-state index is -0.641. The van der Waals surface area contributed by atoms with Gasteiger partial charge in [-0.05, 0) is 36.4 Å². The summed E-state index contributed by atoms with van der Waals surface area (Å²) in [5, 5.41) is 3.88. The molecule has 0 radical (unpaired) electrons. The van der Waals surface area contributed by atoms with Crippen molar-refractivity contribution in [3.63, 3.8) is 0 Å². The van der Waals surface area contributed by atoms with E-state index >= 15 is 0 Å². The number of carbonyl (C=O) groups is 2. The molecule has 0 aliphatic heterocycles. The van der Waals surface area contributed by atoms with Crippen LogP contribution in [0.5, 0.6) is 17.2 Å². The molecule has 1 heterocycles. The summed E-state index contributed by atoms with van der Waals surface area (Å²) in [4.78, 5) is 23.9. The van der Waals surface area contributed by atoms with E-state index in [9.17, 15) is 9.59 Å². The van der Waals surface area contributed by atoms with E-state index in [0.717, 1.165) is 17.4 Å². The smallest absolute Gasteiger partial charge is 0.255 e. The molecule has 164 valence electrons. The maximum absolute atomic E-state index is 12.9. The Labute approximate surface area is 179 Å². The lowest BCUT2D eigenvalue weighted by Gasteiger charge is -2.15. The van der Waals surface area contributed by atoms with Crippen LogP contribution in [0.3, 0.4) is 0 Å². The number of nitrogens with two attached hydrogens (primary N) is 1. The molecule has 0 unspecified atom stereocenters.